The summed E-state index contributed by atoms with van der Waals surface area (Å²) >= 11 is 0. The van der Waals surface area contributed by atoms with E-state index in [0.29, 0.717) is 16.9 Å². The van der Waals surface area contributed by atoms with Crippen molar-refractivity contribution < 1.29 is 14.4 Å². The van der Waals surface area contributed by atoms with Crippen molar-refractivity contribution in [3.63, 3.8) is 0 Å². The Kier molecular flexibility index (Phi) is 5.55. The third-order valence-corrected chi connectivity index (χ3v) is 4.76. The lowest BCUT2D eigenvalue weighted by Gasteiger charge is -2.19. The average molecular weight is 391 g/mol. The van der Waals surface area contributed by atoms with E-state index >= 15 is 0 Å². The number of carbonyl (C=O) groups is 3. The number of rotatable bonds is 5. The summed E-state index contributed by atoms with van der Waals surface area (Å²) in [6, 6.07) is 12.6. The lowest BCUT2D eigenvalue weighted by Crippen LogP contribution is -2.38. The van der Waals surface area contributed by atoms with Crippen LogP contribution in [0.1, 0.15) is 37.5 Å². The van der Waals surface area contributed by atoms with Gasteiger partial charge in [-0.15, -0.1) is 0 Å². The third kappa shape index (κ3) is 4.06. The van der Waals surface area contributed by atoms with Crippen LogP contribution in [-0.2, 0) is 14.4 Å². The van der Waals surface area contributed by atoms with Crippen LogP contribution < -0.4 is 10.6 Å². The van der Waals surface area contributed by atoms with Gasteiger partial charge in [0.2, 0.25) is 5.91 Å². The fourth-order valence-corrected chi connectivity index (χ4v) is 3.46. The lowest BCUT2D eigenvalue weighted by atomic mass is 9.97. The topological polar surface area (TPSA) is 78.5 Å². The summed E-state index contributed by atoms with van der Waals surface area (Å²) in [6.45, 7) is 9.01. The number of aryl methyl sites for hydroxylation is 2. The number of amides is 3. The van der Waals surface area contributed by atoms with E-state index in [0.717, 1.165) is 16.7 Å². The zero-order chi connectivity index (χ0) is 21.3. The molecule has 2 N–H and O–H groups in total. The minimum absolute atomic E-state index is 0.158. The van der Waals surface area contributed by atoms with Crippen LogP contribution in [0.4, 0.5) is 11.4 Å². The second-order valence-corrected chi connectivity index (χ2v) is 7.53. The fourth-order valence-electron chi connectivity index (χ4n) is 3.46. The van der Waals surface area contributed by atoms with Crippen LogP contribution in [0.3, 0.4) is 0 Å². The van der Waals surface area contributed by atoms with Crippen molar-refractivity contribution in [1.82, 2.24) is 4.90 Å². The van der Waals surface area contributed by atoms with Gasteiger partial charge in [0.25, 0.3) is 11.8 Å². The molecule has 1 aliphatic heterocycles. The SMILES string of the molecule is CC(=O)Nc1ccc(NC2=C(c3ccc(C)cc3C)C(=O)N(C(C)C)C2=O)cc1. The van der Waals surface area contributed by atoms with Crippen LogP contribution in [0, 0.1) is 13.8 Å². The van der Waals surface area contributed by atoms with E-state index < -0.39 is 0 Å². The molecule has 0 saturated carbocycles. The van der Waals surface area contributed by atoms with Crippen LogP contribution in [0.15, 0.2) is 48.2 Å². The minimum atomic E-state index is -0.342. The van der Waals surface area contributed by atoms with E-state index in [1.807, 2.05) is 45.9 Å². The molecule has 0 fully saturated rings. The molecule has 0 atom stereocenters. The van der Waals surface area contributed by atoms with Crippen molar-refractivity contribution in [3.8, 4) is 0 Å². The van der Waals surface area contributed by atoms with Crippen molar-refractivity contribution in [1.29, 1.82) is 0 Å². The Balaban J connectivity index is 2.04. The zero-order valence-electron chi connectivity index (χ0n) is 17.3. The normalized spacial score (nSPS) is 14.1. The maximum absolute atomic E-state index is 13.1. The van der Waals surface area contributed by atoms with Gasteiger partial charge in [-0.3, -0.25) is 19.3 Å². The van der Waals surface area contributed by atoms with Crippen molar-refractivity contribution in [2.45, 2.75) is 40.7 Å². The Morgan fingerprint density at radius 3 is 2.10 bits per heavy atom. The standard InChI is InChI=1S/C23H25N3O3/c1-13(2)26-22(28)20(19-11-6-14(3)12-15(19)4)21(23(26)29)25-18-9-7-17(8-10-18)24-16(5)27/h6-13,25H,1-5H3,(H,24,27). The first kappa shape index (κ1) is 20.3. The number of hydrogen-bond acceptors (Lipinski definition) is 4. The Bertz CT molecular complexity index is 1020. The van der Waals surface area contributed by atoms with Crippen LogP contribution in [0.25, 0.3) is 5.57 Å². The maximum atomic E-state index is 13.1. The first-order valence-corrected chi connectivity index (χ1v) is 9.53. The number of carbonyl (C=O) groups excluding carboxylic acids is 3. The molecule has 1 aliphatic rings. The van der Waals surface area contributed by atoms with Gasteiger partial charge in [-0.2, -0.15) is 0 Å². The fraction of sp³-hybridized carbons (Fsp3) is 0.261. The van der Waals surface area contributed by atoms with Gasteiger partial charge >= 0.3 is 0 Å². The summed E-state index contributed by atoms with van der Waals surface area (Å²) in [5.41, 5.74) is 4.73. The summed E-state index contributed by atoms with van der Waals surface area (Å²) in [7, 11) is 0. The predicted molar refractivity (Wildman–Crippen MR) is 114 cm³/mol. The van der Waals surface area contributed by atoms with Crippen LogP contribution in [-0.4, -0.2) is 28.7 Å². The molecule has 0 radical (unpaired) electrons. The largest absolute Gasteiger partial charge is 0.350 e. The molecule has 2 aromatic rings. The molecule has 29 heavy (non-hydrogen) atoms. The van der Waals surface area contributed by atoms with Gasteiger partial charge in [-0.1, -0.05) is 23.8 Å². The molecule has 6 nitrogen and oxygen atoms in total. The molecule has 3 rings (SSSR count). The van der Waals surface area contributed by atoms with Crippen molar-refractivity contribution in [2.24, 2.45) is 0 Å². The average Bonchev–Trinajstić information content (AvgIpc) is 2.87. The summed E-state index contributed by atoms with van der Waals surface area (Å²) in [5.74, 6) is -0.796. The van der Waals surface area contributed by atoms with E-state index in [1.165, 1.54) is 11.8 Å². The lowest BCUT2D eigenvalue weighted by molar-refractivity contribution is -0.138. The molecule has 150 valence electrons. The first-order valence-electron chi connectivity index (χ1n) is 9.53. The predicted octanol–water partition coefficient (Wildman–Crippen LogP) is 3.86. The Labute approximate surface area is 170 Å². The summed E-state index contributed by atoms with van der Waals surface area (Å²) < 4.78 is 0. The minimum Gasteiger partial charge on any atom is -0.350 e. The summed E-state index contributed by atoms with van der Waals surface area (Å²) in [6.07, 6.45) is 0. The van der Waals surface area contributed by atoms with E-state index in [-0.39, 0.29) is 29.5 Å². The Hall–Kier alpha value is -3.41. The van der Waals surface area contributed by atoms with Gasteiger partial charge in [0.05, 0.1) is 5.57 Å². The molecule has 3 amide bonds. The van der Waals surface area contributed by atoms with Gasteiger partial charge in [-0.05, 0) is 63.1 Å². The molecular weight excluding hydrogens is 366 g/mol. The molecule has 0 aliphatic carbocycles. The van der Waals surface area contributed by atoms with Crippen LogP contribution >= 0.6 is 0 Å². The Morgan fingerprint density at radius 1 is 0.931 bits per heavy atom. The van der Waals surface area contributed by atoms with Gasteiger partial charge in [0, 0.05) is 24.3 Å². The number of hydrogen-bond donors (Lipinski definition) is 2. The highest BCUT2D eigenvalue weighted by molar-refractivity contribution is 6.36. The molecular formula is C23H25N3O3. The van der Waals surface area contributed by atoms with Crippen molar-refractivity contribution in [2.75, 3.05) is 10.6 Å². The van der Waals surface area contributed by atoms with Gasteiger partial charge in [-0.25, -0.2) is 0 Å². The van der Waals surface area contributed by atoms with Crippen molar-refractivity contribution >= 4 is 34.7 Å². The third-order valence-electron chi connectivity index (χ3n) is 4.76. The molecule has 2 aromatic carbocycles. The highest BCUT2D eigenvalue weighted by Crippen LogP contribution is 2.33. The van der Waals surface area contributed by atoms with Gasteiger partial charge in [0.1, 0.15) is 5.70 Å². The first-order chi connectivity index (χ1) is 13.7. The molecule has 6 heteroatoms. The smallest absolute Gasteiger partial charge is 0.278 e. The second-order valence-electron chi connectivity index (χ2n) is 7.53. The molecule has 1 heterocycles. The Morgan fingerprint density at radius 2 is 1.55 bits per heavy atom. The monoisotopic (exact) mass is 391 g/mol. The highest BCUT2D eigenvalue weighted by Gasteiger charge is 2.40. The maximum Gasteiger partial charge on any atom is 0.278 e. The summed E-state index contributed by atoms with van der Waals surface area (Å²) in [5, 5.41) is 5.83. The van der Waals surface area contributed by atoms with Gasteiger partial charge < -0.3 is 10.6 Å². The number of imide groups is 1. The van der Waals surface area contributed by atoms with Crippen molar-refractivity contribution in [3.05, 3.63) is 64.9 Å². The number of nitrogens with zero attached hydrogens (tertiary/aromatic N) is 1. The van der Waals surface area contributed by atoms with Crippen LogP contribution in [0.2, 0.25) is 0 Å². The van der Waals surface area contributed by atoms with Gasteiger partial charge in [0.15, 0.2) is 0 Å². The molecule has 0 saturated heterocycles. The van der Waals surface area contributed by atoms with E-state index in [1.54, 1.807) is 24.3 Å². The molecule has 0 bridgehead atoms. The molecule has 0 spiro atoms. The van der Waals surface area contributed by atoms with E-state index in [4.69, 9.17) is 0 Å². The number of nitrogens with one attached hydrogen (secondary N) is 2. The van der Waals surface area contributed by atoms with Crippen LogP contribution in [0.5, 0.6) is 0 Å². The quantitative estimate of drug-likeness (QED) is 0.759. The number of benzene rings is 2. The molecule has 0 aromatic heterocycles. The number of anilines is 2. The van der Waals surface area contributed by atoms with E-state index in [9.17, 15) is 14.4 Å². The second kappa shape index (κ2) is 7.91. The summed E-state index contributed by atoms with van der Waals surface area (Å²) in [4.78, 5) is 38.7. The van der Waals surface area contributed by atoms with E-state index in [2.05, 4.69) is 10.6 Å². The zero-order valence-corrected chi connectivity index (χ0v) is 17.3. The molecule has 0 unspecified atom stereocenters. The highest BCUT2D eigenvalue weighted by atomic mass is 16.2.